The number of aliphatic carboxylic acids is 1. The van der Waals surface area contributed by atoms with Crippen molar-refractivity contribution in [2.24, 2.45) is 11.7 Å². The monoisotopic (exact) mass is 323 g/mol. The molecule has 2 atom stereocenters. The second-order valence-corrected chi connectivity index (χ2v) is 6.21. The molecule has 1 aromatic rings. The molecule has 3 N–H and O–H groups in total. The van der Waals surface area contributed by atoms with Crippen LogP contribution in [0.4, 0.5) is 0 Å². The van der Waals surface area contributed by atoms with Crippen molar-refractivity contribution in [1.82, 2.24) is 0 Å². The van der Waals surface area contributed by atoms with Crippen LogP contribution in [0, 0.1) is 5.92 Å². The van der Waals surface area contributed by atoms with Gasteiger partial charge in [0.15, 0.2) is 0 Å². The van der Waals surface area contributed by atoms with Crippen LogP contribution in [0.5, 0.6) is 11.5 Å². The number of hydrogen-bond donors (Lipinski definition) is 2. The summed E-state index contributed by atoms with van der Waals surface area (Å²) < 4.78 is 11.2. The Kier molecular flexibility index (Phi) is 7.36. The van der Waals surface area contributed by atoms with Crippen LogP contribution < -0.4 is 15.2 Å². The first-order valence-electron chi connectivity index (χ1n) is 8.21. The number of rotatable bonds is 10. The molecule has 0 spiro atoms. The first kappa shape index (κ1) is 19.3. The summed E-state index contributed by atoms with van der Waals surface area (Å²) in [6.07, 6.45) is 2.12. The maximum absolute atomic E-state index is 11.1. The molecule has 2 unspecified atom stereocenters. The summed E-state index contributed by atoms with van der Waals surface area (Å²) in [6.45, 7) is 8.70. The van der Waals surface area contributed by atoms with Crippen molar-refractivity contribution in [3.63, 3.8) is 0 Å². The molecule has 0 amide bonds. The van der Waals surface area contributed by atoms with Crippen molar-refractivity contribution >= 4 is 5.97 Å². The van der Waals surface area contributed by atoms with Gasteiger partial charge in [0, 0.05) is 6.07 Å². The third-order valence-corrected chi connectivity index (χ3v) is 3.82. The standard InChI is InChI=1S/C18H29NO4/c1-5-22-15-10-9-14(16(11-15)23-6-2)8-7-13(3)12-18(4,19)17(20)21/h9-11,13H,5-8,12,19H2,1-4H3,(H,20,21). The van der Waals surface area contributed by atoms with Crippen LogP contribution in [0.1, 0.15) is 46.1 Å². The average Bonchev–Trinajstić information content (AvgIpc) is 2.46. The van der Waals surface area contributed by atoms with Gasteiger partial charge in [0.25, 0.3) is 0 Å². The molecular formula is C18H29NO4. The second kappa shape index (κ2) is 8.77. The van der Waals surface area contributed by atoms with Gasteiger partial charge in [0.2, 0.25) is 0 Å². The Hall–Kier alpha value is -1.75. The van der Waals surface area contributed by atoms with E-state index >= 15 is 0 Å². The van der Waals surface area contributed by atoms with Crippen LogP contribution in [-0.4, -0.2) is 29.8 Å². The lowest BCUT2D eigenvalue weighted by atomic mass is 9.87. The van der Waals surface area contributed by atoms with Gasteiger partial charge in [-0.3, -0.25) is 4.79 Å². The average molecular weight is 323 g/mol. The van der Waals surface area contributed by atoms with Gasteiger partial charge in [0.1, 0.15) is 17.0 Å². The summed E-state index contributed by atoms with van der Waals surface area (Å²) in [5, 5.41) is 9.11. The van der Waals surface area contributed by atoms with E-state index in [4.69, 9.17) is 20.3 Å². The molecule has 0 saturated heterocycles. The van der Waals surface area contributed by atoms with Crippen molar-refractivity contribution in [3.8, 4) is 11.5 Å². The molecule has 0 radical (unpaired) electrons. The fourth-order valence-corrected chi connectivity index (χ4v) is 2.60. The van der Waals surface area contributed by atoms with Crippen LogP contribution in [-0.2, 0) is 11.2 Å². The Labute approximate surface area is 138 Å². The van der Waals surface area contributed by atoms with Gasteiger partial charge in [0.05, 0.1) is 13.2 Å². The molecule has 23 heavy (non-hydrogen) atoms. The topological polar surface area (TPSA) is 81.8 Å². The third kappa shape index (κ3) is 6.10. The number of aryl methyl sites for hydroxylation is 1. The van der Waals surface area contributed by atoms with Gasteiger partial charge in [-0.15, -0.1) is 0 Å². The molecule has 0 aromatic heterocycles. The maximum atomic E-state index is 11.1. The number of benzene rings is 1. The highest BCUT2D eigenvalue weighted by Gasteiger charge is 2.29. The normalized spacial score (nSPS) is 14.8. The zero-order valence-corrected chi connectivity index (χ0v) is 14.6. The lowest BCUT2D eigenvalue weighted by Crippen LogP contribution is -2.46. The summed E-state index contributed by atoms with van der Waals surface area (Å²) in [5.41, 5.74) is 5.75. The summed E-state index contributed by atoms with van der Waals surface area (Å²) in [5.74, 6) is 0.884. The highest BCUT2D eigenvalue weighted by molar-refractivity contribution is 5.77. The van der Waals surface area contributed by atoms with Crippen molar-refractivity contribution in [2.45, 2.75) is 52.5 Å². The highest BCUT2D eigenvalue weighted by atomic mass is 16.5. The quantitative estimate of drug-likeness (QED) is 0.691. The molecule has 0 heterocycles. The minimum Gasteiger partial charge on any atom is -0.494 e. The van der Waals surface area contributed by atoms with E-state index in [1.165, 1.54) is 0 Å². The first-order valence-corrected chi connectivity index (χ1v) is 8.21. The minimum absolute atomic E-state index is 0.210. The largest absolute Gasteiger partial charge is 0.494 e. The van der Waals surface area contributed by atoms with Gasteiger partial charge in [-0.1, -0.05) is 13.0 Å². The van der Waals surface area contributed by atoms with Crippen molar-refractivity contribution < 1.29 is 19.4 Å². The van der Waals surface area contributed by atoms with Crippen LogP contribution in [0.2, 0.25) is 0 Å². The zero-order chi connectivity index (χ0) is 17.5. The maximum Gasteiger partial charge on any atom is 0.323 e. The molecule has 0 aliphatic heterocycles. The van der Waals surface area contributed by atoms with Crippen molar-refractivity contribution in [1.29, 1.82) is 0 Å². The van der Waals surface area contributed by atoms with E-state index in [-0.39, 0.29) is 5.92 Å². The Morgan fingerprint density at radius 3 is 2.52 bits per heavy atom. The molecule has 5 heteroatoms. The van der Waals surface area contributed by atoms with E-state index < -0.39 is 11.5 Å². The summed E-state index contributed by atoms with van der Waals surface area (Å²) in [6, 6.07) is 5.87. The van der Waals surface area contributed by atoms with Gasteiger partial charge < -0.3 is 20.3 Å². The van der Waals surface area contributed by atoms with E-state index in [0.29, 0.717) is 19.6 Å². The summed E-state index contributed by atoms with van der Waals surface area (Å²) in [4.78, 5) is 11.1. The Morgan fingerprint density at radius 2 is 1.96 bits per heavy atom. The number of carboxylic acids is 1. The van der Waals surface area contributed by atoms with E-state index in [0.717, 1.165) is 29.9 Å². The Balaban J connectivity index is 2.70. The van der Waals surface area contributed by atoms with Crippen molar-refractivity contribution in [3.05, 3.63) is 23.8 Å². The van der Waals surface area contributed by atoms with E-state index in [1.807, 2.05) is 39.0 Å². The number of nitrogens with two attached hydrogens (primary N) is 1. The predicted octanol–water partition coefficient (Wildman–Crippen LogP) is 3.24. The predicted molar refractivity (Wildman–Crippen MR) is 91.1 cm³/mol. The zero-order valence-electron chi connectivity index (χ0n) is 14.6. The molecule has 0 bridgehead atoms. The first-order chi connectivity index (χ1) is 10.8. The van der Waals surface area contributed by atoms with Crippen LogP contribution >= 0.6 is 0 Å². The molecule has 0 fully saturated rings. The van der Waals surface area contributed by atoms with Crippen molar-refractivity contribution in [2.75, 3.05) is 13.2 Å². The van der Waals surface area contributed by atoms with E-state index in [2.05, 4.69) is 0 Å². The molecule has 5 nitrogen and oxygen atoms in total. The van der Waals surface area contributed by atoms with Crippen LogP contribution in [0.25, 0.3) is 0 Å². The SMILES string of the molecule is CCOc1ccc(CCC(C)CC(C)(N)C(=O)O)c(OCC)c1. The highest BCUT2D eigenvalue weighted by Crippen LogP contribution is 2.28. The van der Waals surface area contributed by atoms with Gasteiger partial charge in [-0.2, -0.15) is 0 Å². The van der Waals surface area contributed by atoms with Gasteiger partial charge >= 0.3 is 5.97 Å². The van der Waals surface area contributed by atoms with Crippen LogP contribution in [0.3, 0.4) is 0 Å². The second-order valence-electron chi connectivity index (χ2n) is 6.21. The fraction of sp³-hybridized carbons (Fsp3) is 0.611. The Morgan fingerprint density at radius 1 is 1.30 bits per heavy atom. The fourth-order valence-electron chi connectivity index (χ4n) is 2.60. The molecule has 130 valence electrons. The number of carboxylic acid groups (broad SMARTS) is 1. The smallest absolute Gasteiger partial charge is 0.323 e. The number of carbonyl (C=O) groups is 1. The summed E-state index contributed by atoms with van der Waals surface area (Å²) in [7, 11) is 0. The Bertz CT molecular complexity index is 514. The number of ether oxygens (including phenoxy) is 2. The van der Waals surface area contributed by atoms with Gasteiger partial charge in [-0.25, -0.2) is 0 Å². The molecule has 0 aliphatic rings. The lowest BCUT2D eigenvalue weighted by molar-refractivity contribution is -0.143. The summed E-state index contributed by atoms with van der Waals surface area (Å²) >= 11 is 0. The third-order valence-electron chi connectivity index (χ3n) is 3.82. The molecule has 0 saturated carbocycles. The van der Waals surface area contributed by atoms with E-state index in [9.17, 15) is 4.79 Å². The molecule has 1 rings (SSSR count). The lowest BCUT2D eigenvalue weighted by Gasteiger charge is -2.23. The van der Waals surface area contributed by atoms with E-state index in [1.54, 1.807) is 6.92 Å². The van der Waals surface area contributed by atoms with Crippen LogP contribution in [0.15, 0.2) is 18.2 Å². The molecule has 1 aromatic carbocycles. The number of hydrogen-bond acceptors (Lipinski definition) is 4. The molecule has 0 aliphatic carbocycles. The molecular weight excluding hydrogens is 294 g/mol. The minimum atomic E-state index is -1.18. The van der Waals surface area contributed by atoms with Gasteiger partial charge in [-0.05, 0) is 57.6 Å².